The van der Waals surface area contributed by atoms with Crippen LogP contribution in [0.25, 0.3) is 10.2 Å². The maximum atomic E-state index is 12.4. The van der Waals surface area contributed by atoms with Gasteiger partial charge in [0.15, 0.2) is 0 Å². The topological polar surface area (TPSA) is 46.9 Å². The first-order chi connectivity index (χ1) is 10.5. The number of benzene rings is 1. The van der Waals surface area contributed by atoms with E-state index in [-0.39, 0.29) is 11.9 Å². The van der Waals surface area contributed by atoms with Crippen LogP contribution in [0.15, 0.2) is 30.3 Å². The molecular formula is C16H16ClN3OS. The molecule has 2 aromatic heterocycles. The molecule has 0 aliphatic carbocycles. The molecule has 3 aromatic rings. The second kappa shape index (κ2) is 5.74. The quantitative estimate of drug-likeness (QED) is 0.784. The van der Waals surface area contributed by atoms with Crippen LogP contribution in [0.5, 0.6) is 0 Å². The van der Waals surface area contributed by atoms with Crippen LogP contribution in [0, 0.1) is 6.92 Å². The molecule has 0 unspecified atom stereocenters. The van der Waals surface area contributed by atoms with Gasteiger partial charge in [-0.3, -0.25) is 9.48 Å². The Morgan fingerprint density at radius 3 is 2.68 bits per heavy atom. The van der Waals surface area contributed by atoms with Gasteiger partial charge in [0.2, 0.25) is 0 Å². The molecule has 22 heavy (non-hydrogen) atoms. The number of nitrogens with zero attached hydrogens (tertiary/aromatic N) is 2. The summed E-state index contributed by atoms with van der Waals surface area (Å²) in [5.74, 6) is -0.0666. The molecule has 0 fully saturated rings. The number of nitrogens with one attached hydrogen (secondary N) is 1. The maximum absolute atomic E-state index is 12.4. The number of aromatic nitrogens is 2. The van der Waals surface area contributed by atoms with Crippen LogP contribution in [0.2, 0.25) is 5.02 Å². The van der Waals surface area contributed by atoms with Gasteiger partial charge >= 0.3 is 0 Å². The van der Waals surface area contributed by atoms with E-state index >= 15 is 0 Å². The lowest BCUT2D eigenvalue weighted by Crippen LogP contribution is -2.25. The summed E-state index contributed by atoms with van der Waals surface area (Å²) in [4.78, 5) is 14.1. The Hall–Kier alpha value is -1.85. The number of aryl methyl sites for hydroxylation is 2. The molecule has 4 nitrogen and oxygen atoms in total. The molecule has 1 aromatic carbocycles. The van der Waals surface area contributed by atoms with Gasteiger partial charge in [-0.2, -0.15) is 5.10 Å². The van der Waals surface area contributed by atoms with E-state index < -0.39 is 0 Å². The van der Waals surface area contributed by atoms with E-state index in [4.69, 9.17) is 11.6 Å². The zero-order valence-corrected chi connectivity index (χ0v) is 14.1. The van der Waals surface area contributed by atoms with Crippen LogP contribution in [-0.2, 0) is 7.05 Å². The highest BCUT2D eigenvalue weighted by Crippen LogP contribution is 2.28. The van der Waals surface area contributed by atoms with Gasteiger partial charge < -0.3 is 5.32 Å². The molecule has 2 heterocycles. The van der Waals surface area contributed by atoms with Crippen LogP contribution in [0.3, 0.4) is 0 Å². The van der Waals surface area contributed by atoms with Crippen molar-refractivity contribution in [3.63, 3.8) is 0 Å². The Bertz CT molecular complexity index is 801. The van der Waals surface area contributed by atoms with Crippen molar-refractivity contribution in [3.05, 3.63) is 51.5 Å². The van der Waals surface area contributed by atoms with E-state index in [1.165, 1.54) is 11.3 Å². The molecule has 0 radical (unpaired) electrons. The zero-order valence-electron chi connectivity index (χ0n) is 12.6. The SMILES string of the molecule is Cc1nn(C)c2sc(C(=O)N[C@@H](C)c3ccc(Cl)cc3)cc12. The molecule has 0 bridgehead atoms. The second-order valence-electron chi connectivity index (χ2n) is 5.29. The average molecular weight is 334 g/mol. The van der Waals surface area contributed by atoms with Crippen molar-refractivity contribution in [1.82, 2.24) is 15.1 Å². The molecule has 3 rings (SSSR count). The summed E-state index contributed by atoms with van der Waals surface area (Å²) in [6, 6.07) is 9.33. The third kappa shape index (κ3) is 2.74. The third-order valence-electron chi connectivity index (χ3n) is 3.64. The lowest BCUT2D eigenvalue weighted by molar-refractivity contribution is 0.0944. The Morgan fingerprint density at radius 1 is 1.36 bits per heavy atom. The summed E-state index contributed by atoms with van der Waals surface area (Å²) in [6.07, 6.45) is 0. The fraction of sp³-hybridized carbons (Fsp3) is 0.250. The number of hydrogen-bond donors (Lipinski definition) is 1. The first-order valence-corrected chi connectivity index (χ1v) is 8.14. The van der Waals surface area contributed by atoms with Crippen molar-refractivity contribution in [2.45, 2.75) is 19.9 Å². The molecule has 0 spiro atoms. The summed E-state index contributed by atoms with van der Waals surface area (Å²) >= 11 is 7.35. The van der Waals surface area contributed by atoms with Gasteiger partial charge in [-0.25, -0.2) is 0 Å². The standard InChI is InChI=1S/C16H16ClN3OS/c1-9(11-4-6-12(17)7-5-11)18-15(21)14-8-13-10(2)19-20(3)16(13)22-14/h4-9H,1-3H3,(H,18,21)/t9-/m0/s1. The number of amides is 1. The molecule has 1 amide bonds. The minimum absolute atomic E-state index is 0.0666. The number of fused-ring (bicyclic) bond motifs is 1. The van der Waals surface area contributed by atoms with E-state index in [0.717, 1.165) is 21.5 Å². The Balaban J connectivity index is 1.80. The smallest absolute Gasteiger partial charge is 0.261 e. The highest BCUT2D eigenvalue weighted by molar-refractivity contribution is 7.20. The van der Waals surface area contributed by atoms with Gasteiger partial charge in [-0.15, -0.1) is 11.3 Å². The fourth-order valence-corrected chi connectivity index (χ4v) is 3.57. The summed E-state index contributed by atoms with van der Waals surface area (Å²) in [5.41, 5.74) is 1.97. The molecular weight excluding hydrogens is 318 g/mol. The molecule has 1 atom stereocenters. The molecule has 0 saturated heterocycles. The van der Waals surface area contributed by atoms with Gasteiger partial charge in [0.05, 0.1) is 16.6 Å². The first-order valence-electron chi connectivity index (χ1n) is 6.95. The van der Waals surface area contributed by atoms with Gasteiger partial charge in [-0.1, -0.05) is 23.7 Å². The minimum Gasteiger partial charge on any atom is -0.345 e. The predicted molar refractivity (Wildman–Crippen MR) is 90.7 cm³/mol. The van der Waals surface area contributed by atoms with Crippen LogP contribution in [0.1, 0.15) is 33.9 Å². The second-order valence-corrected chi connectivity index (χ2v) is 6.75. The van der Waals surface area contributed by atoms with Gasteiger partial charge in [0, 0.05) is 17.5 Å². The number of hydrogen-bond acceptors (Lipinski definition) is 3. The third-order valence-corrected chi connectivity index (χ3v) is 5.09. The number of rotatable bonds is 3. The molecule has 0 saturated carbocycles. The zero-order chi connectivity index (χ0) is 15.9. The highest BCUT2D eigenvalue weighted by atomic mass is 35.5. The van der Waals surface area contributed by atoms with Gasteiger partial charge in [0.25, 0.3) is 5.91 Å². The summed E-state index contributed by atoms with van der Waals surface area (Å²) in [5, 5.41) is 9.10. The normalized spacial score (nSPS) is 12.5. The Morgan fingerprint density at radius 2 is 2.05 bits per heavy atom. The molecule has 6 heteroatoms. The van der Waals surface area contributed by atoms with Crippen LogP contribution in [0.4, 0.5) is 0 Å². The first kappa shape index (κ1) is 15.1. The summed E-state index contributed by atoms with van der Waals surface area (Å²) in [6.45, 7) is 3.91. The minimum atomic E-state index is -0.0748. The number of carbonyl (C=O) groups excluding carboxylic acids is 1. The molecule has 0 aliphatic rings. The monoisotopic (exact) mass is 333 g/mol. The number of carbonyl (C=O) groups is 1. The van der Waals surface area contributed by atoms with Crippen molar-refractivity contribution in [3.8, 4) is 0 Å². The van der Waals surface area contributed by atoms with Crippen molar-refractivity contribution in [1.29, 1.82) is 0 Å². The van der Waals surface area contributed by atoms with E-state index in [2.05, 4.69) is 10.4 Å². The lowest BCUT2D eigenvalue weighted by atomic mass is 10.1. The lowest BCUT2D eigenvalue weighted by Gasteiger charge is -2.13. The summed E-state index contributed by atoms with van der Waals surface area (Å²) in [7, 11) is 1.89. The Kier molecular flexibility index (Phi) is 3.93. The molecule has 0 aliphatic heterocycles. The predicted octanol–water partition coefficient (Wildman–Crippen LogP) is 4.09. The number of halogens is 1. The molecule has 1 N–H and O–H groups in total. The van der Waals surface area contributed by atoms with Crippen molar-refractivity contribution < 1.29 is 4.79 Å². The highest BCUT2D eigenvalue weighted by Gasteiger charge is 2.17. The number of thiophene rings is 1. The van der Waals surface area contributed by atoms with Crippen molar-refractivity contribution in [2.75, 3.05) is 0 Å². The Labute approximate surface area is 137 Å². The summed E-state index contributed by atoms with van der Waals surface area (Å²) < 4.78 is 1.81. The van der Waals surface area contributed by atoms with Crippen LogP contribution >= 0.6 is 22.9 Å². The fourth-order valence-electron chi connectivity index (χ4n) is 2.42. The van der Waals surface area contributed by atoms with E-state index in [1.807, 2.05) is 55.9 Å². The van der Waals surface area contributed by atoms with Gasteiger partial charge in [-0.05, 0) is 37.6 Å². The van der Waals surface area contributed by atoms with Gasteiger partial charge in [0.1, 0.15) is 4.83 Å². The van der Waals surface area contributed by atoms with Crippen molar-refractivity contribution >= 4 is 39.1 Å². The maximum Gasteiger partial charge on any atom is 0.261 e. The van der Waals surface area contributed by atoms with E-state index in [9.17, 15) is 4.79 Å². The van der Waals surface area contributed by atoms with Crippen molar-refractivity contribution in [2.24, 2.45) is 7.05 Å². The van der Waals surface area contributed by atoms with E-state index in [1.54, 1.807) is 0 Å². The van der Waals surface area contributed by atoms with Crippen LogP contribution in [-0.4, -0.2) is 15.7 Å². The molecule has 114 valence electrons. The van der Waals surface area contributed by atoms with Crippen LogP contribution < -0.4 is 5.32 Å². The largest absolute Gasteiger partial charge is 0.345 e. The van der Waals surface area contributed by atoms with E-state index in [0.29, 0.717) is 9.90 Å². The average Bonchev–Trinajstić information content (AvgIpc) is 3.02.